The van der Waals surface area contributed by atoms with Gasteiger partial charge in [0, 0.05) is 28.7 Å². The Bertz CT molecular complexity index is 924. The summed E-state index contributed by atoms with van der Waals surface area (Å²) in [7, 11) is 1.31. The van der Waals surface area contributed by atoms with Crippen molar-refractivity contribution in [3.8, 4) is 11.4 Å². The van der Waals surface area contributed by atoms with E-state index in [0.717, 1.165) is 5.56 Å². The molecule has 1 aromatic heterocycles. The fourth-order valence-corrected chi connectivity index (χ4v) is 2.33. The van der Waals surface area contributed by atoms with E-state index in [4.69, 9.17) is 11.6 Å². The molecule has 6 nitrogen and oxygen atoms in total. The monoisotopic (exact) mass is 367 g/mol. The number of hydrogen-bond donors (Lipinski definition) is 1. The molecule has 1 amide bonds. The fourth-order valence-electron chi connectivity index (χ4n) is 2.20. The van der Waals surface area contributed by atoms with Crippen molar-refractivity contribution in [2.75, 3.05) is 12.4 Å². The lowest BCUT2D eigenvalue weighted by molar-refractivity contribution is 0.0600. The van der Waals surface area contributed by atoms with Crippen LogP contribution >= 0.6 is 11.6 Å². The summed E-state index contributed by atoms with van der Waals surface area (Å²) in [6.45, 7) is 0. The predicted molar refractivity (Wildman–Crippen MR) is 98.2 cm³/mol. The quantitative estimate of drug-likeness (QED) is 0.708. The molecule has 3 rings (SSSR count). The minimum atomic E-state index is -0.436. The van der Waals surface area contributed by atoms with Crippen molar-refractivity contribution in [2.24, 2.45) is 0 Å². The molecule has 3 aromatic rings. The molecule has 0 saturated heterocycles. The van der Waals surface area contributed by atoms with Crippen LogP contribution in [0.4, 0.5) is 5.69 Å². The number of carbonyl (C=O) groups excluding carboxylic acids is 2. The van der Waals surface area contributed by atoms with Crippen molar-refractivity contribution >= 4 is 29.2 Å². The van der Waals surface area contributed by atoms with Gasteiger partial charge in [0.05, 0.1) is 18.2 Å². The minimum absolute atomic E-state index is 0.319. The van der Waals surface area contributed by atoms with Crippen LogP contribution in [0.1, 0.15) is 20.7 Å². The third-order valence-electron chi connectivity index (χ3n) is 3.58. The number of hydrogen-bond acceptors (Lipinski definition) is 5. The molecule has 0 saturated carbocycles. The van der Waals surface area contributed by atoms with Gasteiger partial charge in [-0.15, -0.1) is 0 Å². The summed E-state index contributed by atoms with van der Waals surface area (Å²) in [6, 6.07) is 13.5. The van der Waals surface area contributed by atoms with Crippen LogP contribution in [0.3, 0.4) is 0 Å². The van der Waals surface area contributed by atoms with E-state index in [1.54, 1.807) is 48.5 Å². The van der Waals surface area contributed by atoms with E-state index in [1.807, 2.05) is 0 Å². The lowest BCUT2D eigenvalue weighted by Gasteiger charge is -2.06. The van der Waals surface area contributed by atoms with Crippen LogP contribution in [-0.2, 0) is 4.74 Å². The summed E-state index contributed by atoms with van der Waals surface area (Å²) in [5, 5.41) is 3.35. The first kappa shape index (κ1) is 17.6. The Balaban J connectivity index is 1.70. The summed E-state index contributed by atoms with van der Waals surface area (Å²) >= 11 is 5.86. The third-order valence-corrected chi connectivity index (χ3v) is 3.83. The van der Waals surface area contributed by atoms with Crippen LogP contribution in [0.5, 0.6) is 0 Å². The number of benzene rings is 2. The highest BCUT2D eigenvalue weighted by molar-refractivity contribution is 6.30. The van der Waals surface area contributed by atoms with Gasteiger partial charge in [0.25, 0.3) is 5.91 Å². The molecule has 0 aliphatic carbocycles. The first-order valence-corrected chi connectivity index (χ1v) is 8.02. The topological polar surface area (TPSA) is 81.2 Å². The molecule has 0 atom stereocenters. The van der Waals surface area contributed by atoms with Gasteiger partial charge in [-0.1, -0.05) is 11.6 Å². The summed E-state index contributed by atoms with van der Waals surface area (Å²) in [6.07, 6.45) is 2.91. The Morgan fingerprint density at radius 3 is 2.12 bits per heavy atom. The van der Waals surface area contributed by atoms with Crippen LogP contribution < -0.4 is 5.32 Å². The van der Waals surface area contributed by atoms with Crippen LogP contribution in [0.25, 0.3) is 11.4 Å². The van der Waals surface area contributed by atoms with Gasteiger partial charge in [-0.2, -0.15) is 0 Å². The number of nitrogens with zero attached hydrogens (tertiary/aromatic N) is 2. The maximum atomic E-state index is 12.3. The number of nitrogens with one attached hydrogen (secondary N) is 1. The molecule has 130 valence electrons. The predicted octanol–water partition coefficient (Wildman–Crippen LogP) is 3.84. The van der Waals surface area contributed by atoms with Crippen molar-refractivity contribution in [1.29, 1.82) is 0 Å². The third kappa shape index (κ3) is 4.04. The Morgan fingerprint density at radius 1 is 0.923 bits per heavy atom. The number of methoxy groups -OCH3 is 1. The number of halogens is 1. The number of ether oxygens (including phenoxy) is 1. The van der Waals surface area contributed by atoms with Gasteiger partial charge in [-0.05, 0) is 48.5 Å². The SMILES string of the molecule is COC(=O)c1ccc(NC(=O)c2cnc(-c3ccc(Cl)cc3)nc2)cc1. The average molecular weight is 368 g/mol. The molecule has 2 aromatic carbocycles. The number of rotatable bonds is 4. The maximum Gasteiger partial charge on any atom is 0.337 e. The number of amides is 1. The van der Waals surface area contributed by atoms with Gasteiger partial charge in [0.2, 0.25) is 0 Å². The molecule has 0 spiro atoms. The Morgan fingerprint density at radius 2 is 1.54 bits per heavy atom. The van der Waals surface area contributed by atoms with Crippen LogP contribution in [0.2, 0.25) is 5.02 Å². The zero-order chi connectivity index (χ0) is 18.5. The summed E-state index contributed by atoms with van der Waals surface area (Å²) in [5.41, 5.74) is 2.07. The highest BCUT2D eigenvalue weighted by atomic mass is 35.5. The maximum absolute atomic E-state index is 12.3. The van der Waals surface area contributed by atoms with E-state index in [-0.39, 0.29) is 5.91 Å². The zero-order valence-electron chi connectivity index (χ0n) is 13.8. The molecule has 0 fully saturated rings. The largest absolute Gasteiger partial charge is 0.465 e. The van der Waals surface area contributed by atoms with Crippen LogP contribution in [0.15, 0.2) is 60.9 Å². The van der Waals surface area contributed by atoms with E-state index in [9.17, 15) is 9.59 Å². The lowest BCUT2D eigenvalue weighted by Crippen LogP contribution is -2.13. The van der Waals surface area contributed by atoms with Gasteiger partial charge in [0.1, 0.15) is 0 Å². The molecule has 7 heteroatoms. The van der Waals surface area contributed by atoms with Gasteiger partial charge in [-0.3, -0.25) is 4.79 Å². The summed E-state index contributed by atoms with van der Waals surface area (Å²) < 4.78 is 4.63. The standard InChI is InChI=1S/C19H14ClN3O3/c1-26-19(25)13-4-8-16(9-5-13)23-18(24)14-10-21-17(22-11-14)12-2-6-15(20)7-3-12/h2-11H,1H3,(H,23,24). The van der Waals surface area contributed by atoms with Gasteiger partial charge in [-0.25, -0.2) is 14.8 Å². The molecular formula is C19H14ClN3O3. The number of anilines is 1. The summed E-state index contributed by atoms with van der Waals surface area (Å²) in [5.74, 6) is -0.284. The molecule has 0 radical (unpaired) electrons. The lowest BCUT2D eigenvalue weighted by atomic mass is 10.2. The average Bonchev–Trinajstić information content (AvgIpc) is 2.68. The first-order chi connectivity index (χ1) is 12.6. The molecule has 0 aliphatic heterocycles. The van der Waals surface area contributed by atoms with E-state index < -0.39 is 5.97 Å². The van der Waals surface area contributed by atoms with Gasteiger partial charge >= 0.3 is 5.97 Å². The van der Waals surface area contributed by atoms with Crippen molar-refractivity contribution in [2.45, 2.75) is 0 Å². The van der Waals surface area contributed by atoms with Crippen LogP contribution in [-0.4, -0.2) is 29.0 Å². The van der Waals surface area contributed by atoms with Gasteiger partial charge in [0.15, 0.2) is 5.82 Å². The Hall–Kier alpha value is -3.25. The fraction of sp³-hybridized carbons (Fsp3) is 0.0526. The van der Waals surface area contributed by atoms with E-state index in [1.165, 1.54) is 19.5 Å². The minimum Gasteiger partial charge on any atom is -0.465 e. The second-order valence-corrected chi connectivity index (χ2v) is 5.76. The molecule has 1 heterocycles. The number of aromatic nitrogens is 2. The molecular weight excluding hydrogens is 354 g/mol. The molecule has 26 heavy (non-hydrogen) atoms. The molecule has 0 bridgehead atoms. The second-order valence-electron chi connectivity index (χ2n) is 5.33. The zero-order valence-corrected chi connectivity index (χ0v) is 14.5. The second kappa shape index (κ2) is 7.76. The Kier molecular flexibility index (Phi) is 5.24. The molecule has 1 N–H and O–H groups in total. The van der Waals surface area contributed by atoms with Crippen molar-refractivity contribution in [3.05, 3.63) is 77.1 Å². The first-order valence-electron chi connectivity index (χ1n) is 7.64. The van der Waals surface area contributed by atoms with E-state index in [0.29, 0.717) is 27.7 Å². The van der Waals surface area contributed by atoms with Crippen LogP contribution in [0, 0.1) is 0 Å². The van der Waals surface area contributed by atoms with E-state index >= 15 is 0 Å². The van der Waals surface area contributed by atoms with Gasteiger partial charge < -0.3 is 10.1 Å². The van der Waals surface area contributed by atoms with Crippen molar-refractivity contribution in [3.63, 3.8) is 0 Å². The highest BCUT2D eigenvalue weighted by Crippen LogP contribution is 2.18. The molecule has 0 aliphatic rings. The Labute approximate surface area is 154 Å². The normalized spacial score (nSPS) is 10.2. The molecule has 0 unspecified atom stereocenters. The van der Waals surface area contributed by atoms with Crippen molar-refractivity contribution < 1.29 is 14.3 Å². The summed E-state index contributed by atoms with van der Waals surface area (Å²) in [4.78, 5) is 32.1. The van der Waals surface area contributed by atoms with E-state index in [2.05, 4.69) is 20.0 Å². The van der Waals surface area contributed by atoms with Crippen molar-refractivity contribution in [1.82, 2.24) is 9.97 Å². The highest BCUT2D eigenvalue weighted by Gasteiger charge is 2.10. The number of esters is 1. The number of carbonyl (C=O) groups is 2. The smallest absolute Gasteiger partial charge is 0.337 e.